The summed E-state index contributed by atoms with van der Waals surface area (Å²) >= 11 is 0. The molecule has 0 aromatic heterocycles. The van der Waals surface area contributed by atoms with E-state index < -0.39 is 49.1 Å². The maximum Gasteiger partial charge on any atom is 0.475 e. The fourth-order valence-corrected chi connectivity index (χ4v) is 5.44. The minimum absolute atomic E-state index is 0.112. The Bertz CT molecular complexity index is 1110. The number of carbonyl (C=O) groups excluding carboxylic acids is 2. The van der Waals surface area contributed by atoms with Gasteiger partial charge in [-0.3, -0.25) is 9.69 Å². The number of hydrogen-bond acceptors (Lipinski definition) is 7. The van der Waals surface area contributed by atoms with E-state index in [2.05, 4.69) is 5.32 Å². The van der Waals surface area contributed by atoms with E-state index in [9.17, 15) is 33.7 Å². The summed E-state index contributed by atoms with van der Waals surface area (Å²) in [5.74, 6) is -3.91. The maximum atomic E-state index is 13.8. The summed E-state index contributed by atoms with van der Waals surface area (Å²) < 4.78 is 32.9. The van der Waals surface area contributed by atoms with Crippen LogP contribution in [-0.2, 0) is 16.0 Å². The van der Waals surface area contributed by atoms with E-state index in [1.807, 2.05) is 12.1 Å². The van der Waals surface area contributed by atoms with Crippen LogP contribution < -0.4 is 5.32 Å². The minimum Gasteiger partial charge on any atom is -0.447 e. The first kappa shape index (κ1) is 28.0. The summed E-state index contributed by atoms with van der Waals surface area (Å²) in [5.41, 5.74) is -0.253. The van der Waals surface area contributed by atoms with Gasteiger partial charge in [-0.25, -0.2) is 13.6 Å². The Morgan fingerprint density at radius 1 is 1.34 bits per heavy atom. The number of carbonyl (C=O) groups is 2. The predicted molar refractivity (Wildman–Crippen MR) is 135 cm³/mol. The van der Waals surface area contributed by atoms with Gasteiger partial charge in [-0.05, 0) is 50.2 Å². The van der Waals surface area contributed by atoms with E-state index in [0.29, 0.717) is 6.54 Å². The molecule has 204 valence electrons. The summed E-state index contributed by atoms with van der Waals surface area (Å²) in [4.78, 5) is 28.9. The highest BCUT2D eigenvalue weighted by atomic mass is 19.3. The number of likely N-dealkylation sites (tertiary alicyclic amines) is 2. The highest BCUT2D eigenvalue weighted by Gasteiger charge is 2.55. The lowest BCUT2D eigenvalue weighted by atomic mass is 9.76. The van der Waals surface area contributed by atoms with Crippen molar-refractivity contribution in [3.63, 3.8) is 0 Å². The van der Waals surface area contributed by atoms with Crippen molar-refractivity contribution in [3.8, 4) is 6.07 Å². The van der Waals surface area contributed by atoms with Crippen LogP contribution in [0.3, 0.4) is 0 Å². The smallest absolute Gasteiger partial charge is 0.447 e. The monoisotopic (exact) mass is 530 g/mol. The average Bonchev–Trinajstić information content (AvgIpc) is 3.39. The molecule has 4 atom stereocenters. The number of ether oxygens (including phenoxy) is 1. The van der Waals surface area contributed by atoms with Gasteiger partial charge < -0.3 is 25.0 Å². The fourth-order valence-electron chi connectivity index (χ4n) is 5.44. The van der Waals surface area contributed by atoms with Gasteiger partial charge in [0, 0.05) is 25.0 Å². The third-order valence-corrected chi connectivity index (χ3v) is 7.74. The van der Waals surface area contributed by atoms with Gasteiger partial charge in [-0.15, -0.1) is 0 Å². The van der Waals surface area contributed by atoms with Crippen molar-refractivity contribution in [2.45, 2.75) is 56.6 Å². The number of amides is 2. The van der Waals surface area contributed by atoms with E-state index in [1.54, 1.807) is 43.0 Å². The molecule has 0 unspecified atom stereocenters. The molecule has 1 aromatic carbocycles. The summed E-state index contributed by atoms with van der Waals surface area (Å²) in [5, 5.41) is 31.6. The van der Waals surface area contributed by atoms with E-state index >= 15 is 0 Å². The molecule has 9 nitrogen and oxygen atoms in total. The highest BCUT2D eigenvalue weighted by molar-refractivity contribution is 6.43. The number of piperidine rings is 1. The van der Waals surface area contributed by atoms with E-state index in [4.69, 9.17) is 4.74 Å². The number of alkyl halides is 2. The van der Waals surface area contributed by atoms with Crippen molar-refractivity contribution >= 4 is 19.1 Å². The van der Waals surface area contributed by atoms with E-state index in [0.717, 1.165) is 12.0 Å². The second kappa shape index (κ2) is 11.0. The van der Waals surface area contributed by atoms with Crippen molar-refractivity contribution in [1.82, 2.24) is 15.1 Å². The van der Waals surface area contributed by atoms with Gasteiger partial charge in [0.2, 0.25) is 0 Å². The van der Waals surface area contributed by atoms with Crippen LogP contribution in [-0.4, -0.2) is 88.7 Å². The third kappa shape index (κ3) is 6.52. The Hall–Kier alpha value is -3.01. The van der Waals surface area contributed by atoms with E-state index in [1.165, 1.54) is 11.0 Å². The number of nitriles is 1. The van der Waals surface area contributed by atoms with Crippen LogP contribution in [0.25, 0.3) is 0 Å². The van der Waals surface area contributed by atoms with Gasteiger partial charge in [-0.1, -0.05) is 30.3 Å². The number of fused-ring (bicyclic) bond motifs is 1. The second-order valence-electron chi connectivity index (χ2n) is 11.0. The molecule has 1 aliphatic carbocycles. The van der Waals surface area contributed by atoms with Crippen LogP contribution in [0.5, 0.6) is 0 Å². The Balaban J connectivity index is 1.38. The molecule has 38 heavy (non-hydrogen) atoms. The van der Waals surface area contributed by atoms with Crippen LogP contribution in [0.15, 0.2) is 42.0 Å². The van der Waals surface area contributed by atoms with Crippen LogP contribution in [0, 0.1) is 23.2 Å². The Labute approximate surface area is 221 Å². The van der Waals surface area contributed by atoms with Gasteiger partial charge in [-0.2, -0.15) is 5.26 Å². The molecule has 12 heteroatoms. The van der Waals surface area contributed by atoms with Crippen LogP contribution in [0.2, 0.25) is 0 Å². The van der Waals surface area contributed by atoms with Crippen molar-refractivity contribution in [2.24, 2.45) is 11.8 Å². The first-order chi connectivity index (χ1) is 17.9. The number of benzene rings is 1. The Morgan fingerprint density at radius 2 is 2.05 bits per heavy atom. The van der Waals surface area contributed by atoms with Crippen LogP contribution >= 0.6 is 0 Å². The SMILES string of the molecule is CC(C)(C=C(C#N)C(=O)N1C[C@@H]2C[C@@H]2[C@@H]1COC(=O)N[C@@H](Cc1ccccc1)B(O)O)N1CCC(F)(F)C1. The molecule has 2 saturated heterocycles. The molecule has 4 rings (SSSR count). The molecular formula is C26H33BF2N4O5. The van der Waals surface area contributed by atoms with Gasteiger partial charge in [0.1, 0.15) is 18.2 Å². The summed E-state index contributed by atoms with van der Waals surface area (Å²) in [7, 11) is -1.80. The summed E-state index contributed by atoms with van der Waals surface area (Å²) in [6.45, 7) is 3.44. The molecular weight excluding hydrogens is 497 g/mol. The molecule has 3 N–H and O–H groups in total. The quantitative estimate of drug-likeness (QED) is 0.252. The number of nitrogens with one attached hydrogen (secondary N) is 1. The van der Waals surface area contributed by atoms with Crippen molar-refractivity contribution in [3.05, 3.63) is 47.5 Å². The van der Waals surface area contributed by atoms with Gasteiger partial charge in [0.05, 0.1) is 18.5 Å². The first-order valence-corrected chi connectivity index (χ1v) is 12.8. The fraction of sp³-hybridized carbons (Fsp3) is 0.577. The molecule has 0 spiro atoms. The minimum atomic E-state index is -2.80. The largest absolute Gasteiger partial charge is 0.475 e. The summed E-state index contributed by atoms with van der Waals surface area (Å²) in [6, 6.07) is 10.5. The first-order valence-electron chi connectivity index (χ1n) is 12.8. The van der Waals surface area contributed by atoms with Crippen molar-refractivity contribution < 1.29 is 33.2 Å². The normalized spacial score (nSPS) is 25.3. The van der Waals surface area contributed by atoms with E-state index in [-0.39, 0.29) is 43.4 Å². The molecule has 2 aliphatic heterocycles. The van der Waals surface area contributed by atoms with Gasteiger partial charge >= 0.3 is 13.2 Å². The van der Waals surface area contributed by atoms with Gasteiger partial charge in [0.15, 0.2) is 0 Å². The molecule has 2 amide bonds. The summed E-state index contributed by atoms with van der Waals surface area (Å²) in [6.07, 6.45) is 1.40. The molecule has 3 fully saturated rings. The topological polar surface area (TPSA) is 126 Å². The number of halogens is 2. The van der Waals surface area contributed by atoms with Crippen molar-refractivity contribution in [1.29, 1.82) is 5.26 Å². The molecule has 2 heterocycles. The number of nitrogens with zero attached hydrogens (tertiary/aromatic N) is 3. The third-order valence-electron chi connectivity index (χ3n) is 7.74. The lowest BCUT2D eigenvalue weighted by Crippen LogP contribution is -2.49. The molecule has 1 saturated carbocycles. The highest BCUT2D eigenvalue weighted by Crippen LogP contribution is 2.50. The lowest BCUT2D eigenvalue weighted by Gasteiger charge is -2.33. The van der Waals surface area contributed by atoms with Gasteiger partial charge in [0.25, 0.3) is 11.8 Å². The average molecular weight is 530 g/mol. The Morgan fingerprint density at radius 3 is 2.66 bits per heavy atom. The number of alkyl carbamates (subject to hydrolysis) is 1. The van der Waals surface area contributed by atoms with Crippen LogP contribution in [0.4, 0.5) is 13.6 Å². The molecule has 0 radical (unpaired) electrons. The zero-order chi connectivity index (χ0) is 27.7. The maximum absolute atomic E-state index is 13.8. The molecule has 0 bridgehead atoms. The molecule has 1 aromatic rings. The number of hydrogen-bond donors (Lipinski definition) is 3. The standard InChI is InChI=1S/C26H33BF2N4O5/c1-25(2,32-9-8-26(28,29)16-32)12-19(13-30)23(34)33-14-18-11-20(18)21(33)15-38-24(35)31-22(27(36)37)10-17-6-4-3-5-7-17/h3-7,12,18,20-22,36-37H,8-11,14-16H2,1-2H3,(H,31,35)/t18-,20-,21-,22-/m0/s1. The number of rotatable bonds is 9. The Kier molecular flexibility index (Phi) is 8.11. The zero-order valence-electron chi connectivity index (χ0n) is 21.5. The predicted octanol–water partition coefficient (Wildman–Crippen LogP) is 1.75. The van der Waals surface area contributed by atoms with Crippen LogP contribution in [0.1, 0.15) is 32.3 Å². The zero-order valence-corrected chi connectivity index (χ0v) is 21.5. The second-order valence-corrected chi connectivity index (χ2v) is 11.0. The lowest BCUT2D eigenvalue weighted by molar-refractivity contribution is -0.129. The molecule has 3 aliphatic rings. The van der Waals surface area contributed by atoms with Crippen molar-refractivity contribution in [2.75, 3.05) is 26.2 Å².